The molecule has 0 aromatic heterocycles. The second-order valence-corrected chi connectivity index (χ2v) is 9.29. The Balaban J connectivity index is 1.79. The Morgan fingerprint density at radius 1 is 0.933 bits per heavy atom. The molecule has 156 valence electrons. The maximum Gasteiger partial charge on any atom is 0.243 e. The standard InChI is InChI=1S/C23H23ClN2O3S/c1-18(20-12-14-21(24)15-13-20)25-23(27)17-26(16-19-8-4-2-5-9-19)30(28,29)22-10-6-3-7-11-22/h2-15,18H,16-17H2,1H3,(H,25,27). The number of sulfonamides is 1. The van der Waals surface area contributed by atoms with E-state index in [1.54, 1.807) is 30.3 Å². The van der Waals surface area contributed by atoms with Crippen molar-refractivity contribution in [1.82, 2.24) is 9.62 Å². The van der Waals surface area contributed by atoms with Crippen LogP contribution in [0.1, 0.15) is 24.1 Å². The zero-order valence-corrected chi connectivity index (χ0v) is 18.1. The quantitative estimate of drug-likeness (QED) is 0.562. The van der Waals surface area contributed by atoms with Gasteiger partial charge in [0.05, 0.1) is 17.5 Å². The molecule has 0 radical (unpaired) electrons. The van der Waals surface area contributed by atoms with Gasteiger partial charge in [0.1, 0.15) is 0 Å². The zero-order chi connectivity index (χ0) is 21.6. The highest BCUT2D eigenvalue weighted by atomic mass is 35.5. The molecule has 1 atom stereocenters. The number of carbonyl (C=O) groups is 1. The molecule has 1 amide bonds. The lowest BCUT2D eigenvalue weighted by molar-refractivity contribution is -0.122. The summed E-state index contributed by atoms with van der Waals surface area (Å²) in [7, 11) is -3.85. The number of nitrogens with zero attached hydrogens (tertiary/aromatic N) is 1. The van der Waals surface area contributed by atoms with Crippen molar-refractivity contribution >= 4 is 27.5 Å². The van der Waals surface area contributed by atoms with Crippen LogP contribution in [0.4, 0.5) is 0 Å². The van der Waals surface area contributed by atoms with Gasteiger partial charge in [-0.15, -0.1) is 0 Å². The second kappa shape index (κ2) is 9.89. The van der Waals surface area contributed by atoms with Gasteiger partial charge < -0.3 is 5.32 Å². The Labute approximate surface area is 182 Å². The van der Waals surface area contributed by atoms with E-state index < -0.39 is 10.0 Å². The predicted molar refractivity (Wildman–Crippen MR) is 118 cm³/mol. The van der Waals surface area contributed by atoms with E-state index in [-0.39, 0.29) is 29.9 Å². The maximum absolute atomic E-state index is 13.2. The molecular formula is C23H23ClN2O3S. The Hall–Kier alpha value is -2.67. The van der Waals surface area contributed by atoms with Gasteiger partial charge >= 0.3 is 0 Å². The van der Waals surface area contributed by atoms with E-state index in [2.05, 4.69) is 5.32 Å². The fourth-order valence-electron chi connectivity index (χ4n) is 3.04. The largest absolute Gasteiger partial charge is 0.348 e. The van der Waals surface area contributed by atoms with Crippen LogP contribution in [0.3, 0.4) is 0 Å². The minimum Gasteiger partial charge on any atom is -0.348 e. The summed E-state index contributed by atoms with van der Waals surface area (Å²) in [6.45, 7) is 1.65. The van der Waals surface area contributed by atoms with Crippen molar-refractivity contribution in [3.63, 3.8) is 0 Å². The average molecular weight is 443 g/mol. The molecule has 0 saturated carbocycles. The Morgan fingerprint density at radius 2 is 1.50 bits per heavy atom. The number of rotatable bonds is 8. The Kier molecular flexibility index (Phi) is 7.26. The van der Waals surface area contributed by atoms with Gasteiger partial charge in [-0.05, 0) is 42.3 Å². The number of halogens is 1. The van der Waals surface area contributed by atoms with E-state index >= 15 is 0 Å². The summed E-state index contributed by atoms with van der Waals surface area (Å²) in [6.07, 6.45) is 0. The highest BCUT2D eigenvalue weighted by Crippen LogP contribution is 2.19. The smallest absolute Gasteiger partial charge is 0.243 e. The van der Waals surface area contributed by atoms with E-state index in [9.17, 15) is 13.2 Å². The molecule has 5 nitrogen and oxygen atoms in total. The average Bonchev–Trinajstić information content (AvgIpc) is 2.75. The molecule has 0 heterocycles. The van der Waals surface area contributed by atoms with Gasteiger partial charge in [0, 0.05) is 11.6 Å². The van der Waals surface area contributed by atoms with Gasteiger partial charge in [0.2, 0.25) is 15.9 Å². The molecule has 3 rings (SSSR count). The summed E-state index contributed by atoms with van der Waals surface area (Å²) in [5.74, 6) is -0.382. The first kappa shape index (κ1) is 22.0. The van der Waals surface area contributed by atoms with E-state index in [1.807, 2.05) is 49.4 Å². The third-order valence-electron chi connectivity index (χ3n) is 4.65. The second-order valence-electron chi connectivity index (χ2n) is 6.91. The Bertz CT molecular complexity index is 1070. The zero-order valence-electron chi connectivity index (χ0n) is 16.5. The molecule has 3 aromatic carbocycles. The molecule has 0 spiro atoms. The third-order valence-corrected chi connectivity index (χ3v) is 6.71. The van der Waals surface area contributed by atoms with Crippen LogP contribution in [0.5, 0.6) is 0 Å². The molecule has 7 heteroatoms. The summed E-state index contributed by atoms with van der Waals surface area (Å²) in [5, 5.41) is 3.48. The van der Waals surface area contributed by atoms with Crippen molar-refractivity contribution in [3.8, 4) is 0 Å². The maximum atomic E-state index is 13.2. The molecule has 0 fully saturated rings. The van der Waals surface area contributed by atoms with Crippen LogP contribution in [-0.2, 0) is 21.4 Å². The van der Waals surface area contributed by atoms with E-state index in [0.29, 0.717) is 5.02 Å². The lowest BCUT2D eigenvalue weighted by Crippen LogP contribution is -2.41. The molecule has 0 aliphatic carbocycles. The van der Waals surface area contributed by atoms with Gasteiger partial charge in [-0.3, -0.25) is 4.79 Å². The monoisotopic (exact) mass is 442 g/mol. The first-order valence-electron chi connectivity index (χ1n) is 9.50. The number of nitrogens with one attached hydrogen (secondary N) is 1. The van der Waals surface area contributed by atoms with Gasteiger partial charge in [0.15, 0.2) is 0 Å². The molecule has 0 aliphatic heterocycles. The summed E-state index contributed by atoms with van der Waals surface area (Å²) in [4.78, 5) is 12.9. The molecule has 30 heavy (non-hydrogen) atoms. The summed E-state index contributed by atoms with van der Waals surface area (Å²) < 4.78 is 27.6. The fraction of sp³-hybridized carbons (Fsp3) is 0.174. The van der Waals surface area contributed by atoms with E-state index in [4.69, 9.17) is 11.6 Å². The molecular weight excluding hydrogens is 420 g/mol. The van der Waals surface area contributed by atoms with Crippen molar-refractivity contribution < 1.29 is 13.2 Å². The van der Waals surface area contributed by atoms with Crippen molar-refractivity contribution in [2.24, 2.45) is 0 Å². The first-order valence-corrected chi connectivity index (χ1v) is 11.3. The molecule has 1 N–H and O–H groups in total. The van der Waals surface area contributed by atoms with Crippen molar-refractivity contribution in [3.05, 3.63) is 101 Å². The summed E-state index contributed by atoms with van der Waals surface area (Å²) >= 11 is 5.92. The van der Waals surface area contributed by atoms with Gasteiger partial charge in [-0.1, -0.05) is 72.3 Å². The summed E-state index contributed by atoms with van der Waals surface area (Å²) in [6, 6.07) is 24.2. The minimum atomic E-state index is -3.85. The number of hydrogen-bond donors (Lipinski definition) is 1. The predicted octanol–water partition coefficient (Wildman–Crippen LogP) is 4.41. The van der Waals surface area contributed by atoms with Gasteiger partial charge in [-0.25, -0.2) is 8.42 Å². The van der Waals surface area contributed by atoms with Gasteiger partial charge in [-0.2, -0.15) is 4.31 Å². The van der Waals surface area contributed by atoms with Crippen LogP contribution in [0.2, 0.25) is 5.02 Å². The van der Waals surface area contributed by atoms with Crippen LogP contribution in [-0.4, -0.2) is 25.2 Å². The summed E-state index contributed by atoms with van der Waals surface area (Å²) in [5.41, 5.74) is 1.68. The molecule has 0 saturated heterocycles. The fourth-order valence-corrected chi connectivity index (χ4v) is 4.57. The first-order chi connectivity index (χ1) is 14.4. The molecule has 0 aliphatic rings. The molecule has 1 unspecified atom stereocenters. The van der Waals surface area contributed by atoms with Crippen LogP contribution in [0, 0.1) is 0 Å². The normalized spacial score (nSPS) is 12.5. The third kappa shape index (κ3) is 5.69. The number of hydrogen-bond acceptors (Lipinski definition) is 3. The topological polar surface area (TPSA) is 66.5 Å². The van der Waals surface area contributed by atoms with Crippen molar-refractivity contribution in [1.29, 1.82) is 0 Å². The molecule has 0 bridgehead atoms. The SMILES string of the molecule is CC(NC(=O)CN(Cc1ccccc1)S(=O)(=O)c1ccccc1)c1ccc(Cl)cc1. The van der Waals surface area contributed by atoms with E-state index in [1.165, 1.54) is 16.4 Å². The van der Waals surface area contributed by atoms with Crippen LogP contribution >= 0.6 is 11.6 Å². The lowest BCUT2D eigenvalue weighted by Gasteiger charge is -2.23. The van der Waals surface area contributed by atoms with E-state index in [0.717, 1.165) is 11.1 Å². The number of benzene rings is 3. The molecule has 3 aromatic rings. The highest BCUT2D eigenvalue weighted by Gasteiger charge is 2.27. The van der Waals surface area contributed by atoms with Crippen molar-refractivity contribution in [2.75, 3.05) is 6.54 Å². The van der Waals surface area contributed by atoms with Crippen LogP contribution in [0.25, 0.3) is 0 Å². The van der Waals surface area contributed by atoms with Gasteiger partial charge in [0.25, 0.3) is 0 Å². The number of carbonyl (C=O) groups excluding carboxylic acids is 1. The minimum absolute atomic E-state index is 0.0980. The van der Waals surface area contributed by atoms with Crippen LogP contribution < -0.4 is 5.32 Å². The van der Waals surface area contributed by atoms with Crippen LogP contribution in [0.15, 0.2) is 89.8 Å². The lowest BCUT2D eigenvalue weighted by atomic mass is 10.1. The Morgan fingerprint density at radius 3 is 2.10 bits per heavy atom. The highest BCUT2D eigenvalue weighted by molar-refractivity contribution is 7.89. The van der Waals surface area contributed by atoms with Crippen molar-refractivity contribution in [2.45, 2.75) is 24.4 Å². The number of amides is 1.